The summed E-state index contributed by atoms with van der Waals surface area (Å²) in [5.74, 6) is -0.498. The summed E-state index contributed by atoms with van der Waals surface area (Å²) < 4.78 is 4.54. The van der Waals surface area contributed by atoms with E-state index >= 15 is 0 Å². The van der Waals surface area contributed by atoms with Gasteiger partial charge in [0.1, 0.15) is 0 Å². The van der Waals surface area contributed by atoms with Crippen LogP contribution in [0.2, 0.25) is 0 Å². The Bertz CT molecular complexity index is 415. The van der Waals surface area contributed by atoms with Crippen molar-refractivity contribution in [3.05, 3.63) is 35.4 Å². The minimum Gasteiger partial charge on any atom is -0.469 e. The normalized spacial score (nSPS) is 11.7. The molecule has 0 aromatic heterocycles. The van der Waals surface area contributed by atoms with Gasteiger partial charge in [0.2, 0.25) is 0 Å². The largest absolute Gasteiger partial charge is 0.469 e. The number of carbonyl (C=O) groups excluding carboxylic acids is 2. The third-order valence-corrected chi connectivity index (χ3v) is 2.47. The molecule has 92 valence electrons. The number of amides is 1. The van der Waals surface area contributed by atoms with Crippen molar-refractivity contribution >= 4 is 11.9 Å². The standard InChI is InChI=1S/C13H17NO3/c1-9-6-4-5-7-11(9)13(16)14-10(2)8-12(15)17-3/h4-7,10H,8H2,1-3H3,(H,14,16). The Morgan fingerprint density at radius 3 is 2.59 bits per heavy atom. The third kappa shape index (κ3) is 3.90. The number of methoxy groups -OCH3 is 1. The fraction of sp³-hybridized carbons (Fsp3) is 0.385. The van der Waals surface area contributed by atoms with Crippen molar-refractivity contribution < 1.29 is 14.3 Å². The lowest BCUT2D eigenvalue weighted by Crippen LogP contribution is -2.34. The quantitative estimate of drug-likeness (QED) is 0.808. The van der Waals surface area contributed by atoms with E-state index in [1.54, 1.807) is 13.0 Å². The molecule has 1 rings (SSSR count). The predicted molar refractivity (Wildman–Crippen MR) is 64.7 cm³/mol. The maximum atomic E-state index is 11.9. The SMILES string of the molecule is COC(=O)CC(C)NC(=O)c1ccccc1C. The lowest BCUT2D eigenvalue weighted by Gasteiger charge is -2.13. The maximum Gasteiger partial charge on any atom is 0.307 e. The Labute approximate surface area is 101 Å². The molecule has 1 N–H and O–H groups in total. The first-order chi connectivity index (χ1) is 8.04. The molecule has 0 aliphatic rings. The van der Waals surface area contributed by atoms with Crippen molar-refractivity contribution in [1.29, 1.82) is 0 Å². The average Bonchev–Trinajstić information content (AvgIpc) is 2.29. The lowest BCUT2D eigenvalue weighted by molar-refractivity contribution is -0.141. The molecule has 0 radical (unpaired) electrons. The average molecular weight is 235 g/mol. The minimum absolute atomic E-state index is 0.167. The Kier molecular flexibility index (Phi) is 4.69. The van der Waals surface area contributed by atoms with Crippen LogP contribution in [0, 0.1) is 6.92 Å². The van der Waals surface area contributed by atoms with Crippen LogP contribution in [0.25, 0.3) is 0 Å². The van der Waals surface area contributed by atoms with Gasteiger partial charge in [-0.2, -0.15) is 0 Å². The van der Waals surface area contributed by atoms with E-state index in [0.717, 1.165) is 5.56 Å². The predicted octanol–water partition coefficient (Wildman–Crippen LogP) is 1.68. The molecule has 0 heterocycles. The number of rotatable bonds is 4. The molecular weight excluding hydrogens is 218 g/mol. The van der Waals surface area contributed by atoms with Gasteiger partial charge in [-0.1, -0.05) is 18.2 Å². The number of hydrogen-bond acceptors (Lipinski definition) is 3. The van der Waals surface area contributed by atoms with Crippen LogP contribution in [-0.2, 0) is 9.53 Å². The van der Waals surface area contributed by atoms with Crippen LogP contribution in [0.15, 0.2) is 24.3 Å². The van der Waals surface area contributed by atoms with Crippen LogP contribution in [-0.4, -0.2) is 25.0 Å². The van der Waals surface area contributed by atoms with Gasteiger partial charge in [0.05, 0.1) is 13.5 Å². The molecule has 1 atom stereocenters. The monoisotopic (exact) mass is 235 g/mol. The van der Waals surface area contributed by atoms with Gasteiger partial charge in [-0.05, 0) is 25.5 Å². The fourth-order valence-corrected chi connectivity index (χ4v) is 1.51. The van der Waals surface area contributed by atoms with E-state index in [1.807, 2.05) is 25.1 Å². The molecule has 0 bridgehead atoms. The molecule has 4 nitrogen and oxygen atoms in total. The van der Waals surface area contributed by atoms with Crippen LogP contribution < -0.4 is 5.32 Å². The molecule has 1 aromatic carbocycles. The van der Waals surface area contributed by atoms with Gasteiger partial charge in [-0.25, -0.2) is 0 Å². The second-order valence-electron chi connectivity index (χ2n) is 3.97. The van der Waals surface area contributed by atoms with Crippen LogP contribution in [0.5, 0.6) is 0 Å². The first-order valence-electron chi connectivity index (χ1n) is 5.48. The van der Waals surface area contributed by atoms with Crippen LogP contribution in [0.4, 0.5) is 0 Å². The molecule has 17 heavy (non-hydrogen) atoms. The number of benzene rings is 1. The van der Waals surface area contributed by atoms with Crippen LogP contribution in [0.1, 0.15) is 29.3 Å². The van der Waals surface area contributed by atoms with Gasteiger partial charge >= 0.3 is 5.97 Å². The van der Waals surface area contributed by atoms with E-state index < -0.39 is 0 Å². The number of ether oxygens (including phenoxy) is 1. The number of esters is 1. The second kappa shape index (κ2) is 6.03. The first-order valence-corrected chi connectivity index (χ1v) is 5.48. The molecule has 0 fully saturated rings. The molecule has 0 spiro atoms. The smallest absolute Gasteiger partial charge is 0.307 e. The van der Waals surface area contributed by atoms with Crippen LogP contribution >= 0.6 is 0 Å². The molecule has 0 saturated heterocycles. The summed E-state index contributed by atoms with van der Waals surface area (Å²) in [6.45, 7) is 3.65. The van der Waals surface area contributed by atoms with Gasteiger partial charge in [0, 0.05) is 11.6 Å². The third-order valence-electron chi connectivity index (χ3n) is 2.47. The molecule has 1 unspecified atom stereocenters. The summed E-state index contributed by atoms with van der Waals surface area (Å²) >= 11 is 0. The second-order valence-corrected chi connectivity index (χ2v) is 3.97. The van der Waals surface area contributed by atoms with E-state index in [0.29, 0.717) is 5.56 Å². The van der Waals surface area contributed by atoms with Gasteiger partial charge in [0.15, 0.2) is 0 Å². The van der Waals surface area contributed by atoms with E-state index in [-0.39, 0.29) is 24.3 Å². The summed E-state index contributed by atoms with van der Waals surface area (Å²) in [6, 6.07) is 7.08. The molecular formula is C13H17NO3. The summed E-state index contributed by atoms with van der Waals surface area (Å²) in [4.78, 5) is 22.9. The van der Waals surface area contributed by atoms with Gasteiger partial charge in [-0.15, -0.1) is 0 Å². The summed E-state index contributed by atoms with van der Waals surface area (Å²) in [5.41, 5.74) is 1.54. The highest BCUT2D eigenvalue weighted by Crippen LogP contribution is 2.07. The van der Waals surface area contributed by atoms with Gasteiger partial charge in [0.25, 0.3) is 5.91 Å². The zero-order chi connectivity index (χ0) is 12.8. The van der Waals surface area contributed by atoms with Crippen molar-refractivity contribution in [3.8, 4) is 0 Å². The molecule has 1 aromatic rings. The number of nitrogens with one attached hydrogen (secondary N) is 1. The molecule has 4 heteroatoms. The van der Waals surface area contributed by atoms with Crippen molar-refractivity contribution in [1.82, 2.24) is 5.32 Å². The number of aryl methyl sites for hydroxylation is 1. The van der Waals surface area contributed by atoms with Gasteiger partial charge < -0.3 is 10.1 Å². The van der Waals surface area contributed by atoms with Gasteiger partial charge in [-0.3, -0.25) is 9.59 Å². The highest BCUT2D eigenvalue weighted by Gasteiger charge is 2.14. The topological polar surface area (TPSA) is 55.4 Å². The number of carbonyl (C=O) groups is 2. The fourth-order valence-electron chi connectivity index (χ4n) is 1.51. The minimum atomic E-state index is -0.331. The van der Waals surface area contributed by atoms with Crippen molar-refractivity contribution in [2.45, 2.75) is 26.3 Å². The summed E-state index contributed by atoms with van der Waals surface area (Å²) in [6.07, 6.45) is 0.175. The zero-order valence-electron chi connectivity index (χ0n) is 10.3. The maximum absolute atomic E-state index is 11.9. The zero-order valence-corrected chi connectivity index (χ0v) is 10.3. The van der Waals surface area contributed by atoms with E-state index in [9.17, 15) is 9.59 Å². The summed E-state index contributed by atoms with van der Waals surface area (Å²) in [7, 11) is 1.33. The highest BCUT2D eigenvalue weighted by molar-refractivity contribution is 5.95. The molecule has 0 aliphatic heterocycles. The molecule has 0 saturated carbocycles. The van der Waals surface area contributed by atoms with E-state index in [1.165, 1.54) is 7.11 Å². The molecule has 0 aliphatic carbocycles. The Morgan fingerprint density at radius 1 is 1.35 bits per heavy atom. The Morgan fingerprint density at radius 2 is 2.00 bits per heavy atom. The first kappa shape index (κ1) is 13.2. The Hall–Kier alpha value is -1.84. The highest BCUT2D eigenvalue weighted by atomic mass is 16.5. The molecule has 1 amide bonds. The van der Waals surface area contributed by atoms with Crippen molar-refractivity contribution in [3.63, 3.8) is 0 Å². The lowest BCUT2D eigenvalue weighted by atomic mass is 10.1. The van der Waals surface area contributed by atoms with Crippen molar-refractivity contribution in [2.24, 2.45) is 0 Å². The van der Waals surface area contributed by atoms with E-state index in [4.69, 9.17) is 0 Å². The summed E-state index contributed by atoms with van der Waals surface area (Å²) in [5, 5.41) is 2.76. The number of hydrogen-bond donors (Lipinski definition) is 1. The Balaban J connectivity index is 2.61. The van der Waals surface area contributed by atoms with Crippen LogP contribution in [0.3, 0.4) is 0 Å². The van der Waals surface area contributed by atoms with Crippen molar-refractivity contribution in [2.75, 3.05) is 7.11 Å². The van der Waals surface area contributed by atoms with E-state index in [2.05, 4.69) is 10.1 Å².